The summed E-state index contributed by atoms with van der Waals surface area (Å²) in [6.45, 7) is 1.03. The maximum Gasteiger partial charge on any atom is 0.303 e. The number of fused-ring (bicyclic) bond motifs is 1. The van der Waals surface area contributed by atoms with Crippen LogP contribution in [0.5, 0.6) is 0 Å². The number of carboxylic acids is 1. The maximum atomic E-state index is 10.5. The van der Waals surface area contributed by atoms with Crippen molar-refractivity contribution in [2.75, 3.05) is 20.2 Å². The summed E-state index contributed by atoms with van der Waals surface area (Å²) in [5, 5.41) is 8.67. The third kappa shape index (κ3) is 3.84. The molecule has 0 saturated heterocycles. The van der Waals surface area contributed by atoms with Crippen LogP contribution in [0.1, 0.15) is 30.0 Å². The van der Waals surface area contributed by atoms with E-state index >= 15 is 0 Å². The lowest BCUT2D eigenvalue weighted by Gasteiger charge is -2.29. The minimum absolute atomic E-state index is 0.0366. The molecule has 0 aromatic heterocycles. The van der Waals surface area contributed by atoms with Crippen LogP contribution in [-0.2, 0) is 16.0 Å². The molecule has 2 rings (SSSR count). The first-order valence-electron chi connectivity index (χ1n) is 7.18. The van der Waals surface area contributed by atoms with Gasteiger partial charge in [-0.25, -0.2) is 0 Å². The molecule has 4 nitrogen and oxygen atoms in total. The number of nitrogens with zero attached hydrogens (tertiary/aromatic N) is 1. The lowest BCUT2D eigenvalue weighted by molar-refractivity contribution is -0.137. The van der Waals surface area contributed by atoms with Crippen molar-refractivity contribution in [3.63, 3.8) is 0 Å². The second kappa shape index (κ2) is 7.26. The molecule has 1 aliphatic rings. The Labute approximate surface area is 125 Å². The maximum absolute atomic E-state index is 10.5. The van der Waals surface area contributed by atoms with E-state index in [0.29, 0.717) is 19.6 Å². The minimum atomic E-state index is -0.783. The van der Waals surface area contributed by atoms with Crippen LogP contribution in [0, 0.1) is 12.3 Å². The zero-order chi connectivity index (χ0) is 15.2. The quantitative estimate of drug-likeness (QED) is 0.616. The zero-order valence-corrected chi connectivity index (χ0v) is 12.3. The van der Waals surface area contributed by atoms with Crippen molar-refractivity contribution in [3.05, 3.63) is 35.4 Å². The van der Waals surface area contributed by atoms with E-state index < -0.39 is 5.97 Å². The molecule has 0 heterocycles. The normalized spacial score (nSPS) is 20.2. The number of benzene rings is 1. The second-order valence-electron chi connectivity index (χ2n) is 5.37. The van der Waals surface area contributed by atoms with Crippen molar-refractivity contribution in [3.8, 4) is 12.3 Å². The second-order valence-corrected chi connectivity index (χ2v) is 5.37. The Balaban J connectivity index is 2.03. The van der Waals surface area contributed by atoms with Gasteiger partial charge in [0.05, 0.1) is 18.7 Å². The fraction of sp³-hybridized carbons (Fsp3) is 0.471. The molecule has 1 aromatic rings. The van der Waals surface area contributed by atoms with Crippen LogP contribution in [0.2, 0.25) is 0 Å². The summed E-state index contributed by atoms with van der Waals surface area (Å²) >= 11 is 0. The number of terminal acetylenes is 1. The number of carbonyl (C=O) groups is 1. The van der Waals surface area contributed by atoms with E-state index in [4.69, 9.17) is 16.3 Å². The highest BCUT2D eigenvalue weighted by Crippen LogP contribution is 2.36. The number of likely N-dealkylation sites (N-methyl/N-ethyl adjacent to an activating group) is 1. The molecule has 1 aromatic carbocycles. The first-order chi connectivity index (χ1) is 10.1. The number of carboxylic acid groups (broad SMARTS) is 1. The van der Waals surface area contributed by atoms with E-state index in [1.54, 1.807) is 0 Å². The Kier molecular flexibility index (Phi) is 5.38. The molecule has 0 saturated carbocycles. The third-order valence-corrected chi connectivity index (χ3v) is 3.83. The molecule has 0 spiro atoms. The Morgan fingerprint density at radius 3 is 3.00 bits per heavy atom. The van der Waals surface area contributed by atoms with Crippen molar-refractivity contribution < 1.29 is 14.6 Å². The van der Waals surface area contributed by atoms with Gasteiger partial charge in [-0.15, -0.1) is 6.42 Å². The lowest BCUT2D eigenvalue weighted by atomic mass is 10.1. The molecule has 0 amide bonds. The van der Waals surface area contributed by atoms with Crippen LogP contribution >= 0.6 is 0 Å². The molecule has 1 N–H and O–H groups in total. The number of hydrogen-bond acceptors (Lipinski definition) is 3. The molecule has 21 heavy (non-hydrogen) atoms. The topological polar surface area (TPSA) is 49.8 Å². The summed E-state index contributed by atoms with van der Waals surface area (Å²) in [4.78, 5) is 12.7. The molecule has 1 aliphatic carbocycles. The molecule has 0 unspecified atom stereocenters. The fourth-order valence-corrected chi connectivity index (χ4v) is 2.91. The predicted molar refractivity (Wildman–Crippen MR) is 81.0 cm³/mol. The van der Waals surface area contributed by atoms with Gasteiger partial charge in [0.2, 0.25) is 0 Å². The summed E-state index contributed by atoms with van der Waals surface area (Å²) in [6.07, 6.45) is 6.99. The highest BCUT2D eigenvalue weighted by molar-refractivity contribution is 5.66. The summed E-state index contributed by atoms with van der Waals surface area (Å²) in [6, 6.07) is 8.44. The van der Waals surface area contributed by atoms with Gasteiger partial charge in [-0.2, -0.15) is 0 Å². The van der Waals surface area contributed by atoms with E-state index in [0.717, 1.165) is 6.42 Å². The van der Waals surface area contributed by atoms with E-state index in [-0.39, 0.29) is 18.6 Å². The predicted octanol–water partition coefficient (Wildman–Crippen LogP) is 2.10. The number of hydrogen-bond donors (Lipinski definition) is 1. The van der Waals surface area contributed by atoms with Gasteiger partial charge in [0, 0.05) is 19.4 Å². The molecule has 0 bridgehead atoms. The molecule has 2 atom stereocenters. The van der Waals surface area contributed by atoms with Gasteiger partial charge in [0.1, 0.15) is 0 Å². The summed E-state index contributed by atoms with van der Waals surface area (Å²) in [7, 11) is 2.00. The molecular formula is C17H21NO3. The molecular weight excluding hydrogens is 266 g/mol. The van der Waals surface area contributed by atoms with Gasteiger partial charge >= 0.3 is 5.97 Å². The van der Waals surface area contributed by atoms with Gasteiger partial charge in [-0.3, -0.25) is 9.69 Å². The van der Waals surface area contributed by atoms with Crippen LogP contribution in [0.3, 0.4) is 0 Å². The zero-order valence-electron chi connectivity index (χ0n) is 12.3. The van der Waals surface area contributed by atoms with Crippen LogP contribution in [0.25, 0.3) is 0 Å². The van der Waals surface area contributed by atoms with E-state index in [2.05, 4.69) is 23.0 Å². The Bertz CT molecular complexity index is 535. The number of aliphatic carboxylic acids is 1. The molecule has 0 radical (unpaired) electrons. The fourth-order valence-electron chi connectivity index (χ4n) is 2.91. The Hall–Kier alpha value is -1.83. The van der Waals surface area contributed by atoms with E-state index in [1.807, 2.05) is 19.2 Å². The first kappa shape index (κ1) is 15.6. The molecule has 112 valence electrons. The first-order valence-corrected chi connectivity index (χ1v) is 7.18. The van der Waals surface area contributed by atoms with Gasteiger partial charge in [0.25, 0.3) is 0 Å². The number of rotatable bonds is 7. The summed E-state index contributed by atoms with van der Waals surface area (Å²) in [5.74, 6) is 1.89. The smallest absolute Gasteiger partial charge is 0.303 e. The van der Waals surface area contributed by atoms with E-state index in [1.165, 1.54) is 11.1 Å². The Morgan fingerprint density at radius 2 is 2.29 bits per heavy atom. The van der Waals surface area contributed by atoms with Gasteiger partial charge in [-0.1, -0.05) is 30.2 Å². The van der Waals surface area contributed by atoms with Crippen LogP contribution in [-0.4, -0.2) is 42.3 Å². The van der Waals surface area contributed by atoms with Crippen molar-refractivity contribution in [1.29, 1.82) is 0 Å². The van der Waals surface area contributed by atoms with Crippen LogP contribution in [0.15, 0.2) is 24.3 Å². The average Bonchev–Trinajstić information content (AvgIpc) is 2.82. The average molecular weight is 287 g/mol. The summed E-state index contributed by atoms with van der Waals surface area (Å²) in [5.41, 5.74) is 2.55. The van der Waals surface area contributed by atoms with Gasteiger partial charge < -0.3 is 9.84 Å². The third-order valence-electron chi connectivity index (χ3n) is 3.83. The molecule has 0 aliphatic heterocycles. The highest BCUT2D eigenvalue weighted by Gasteiger charge is 2.35. The molecule has 4 heteroatoms. The van der Waals surface area contributed by atoms with E-state index in [9.17, 15) is 4.79 Å². The SMILES string of the molecule is C#CCN(C)[C@H]1c2ccccc2C[C@H]1OCCCC(=O)O. The van der Waals surface area contributed by atoms with Crippen molar-refractivity contribution in [1.82, 2.24) is 4.90 Å². The van der Waals surface area contributed by atoms with Crippen LogP contribution in [0.4, 0.5) is 0 Å². The largest absolute Gasteiger partial charge is 0.481 e. The number of ether oxygens (including phenoxy) is 1. The monoisotopic (exact) mass is 287 g/mol. The highest BCUT2D eigenvalue weighted by atomic mass is 16.5. The molecule has 0 fully saturated rings. The Morgan fingerprint density at radius 1 is 1.52 bits per heavy atom. The standard InChI is InChI=1S/C17H21NO3/c1-3-10-18(2)17-14-8-5-4-7-13(14)12-15(17)21-11-6-9-16(19)20/h1,4-5,7-8,15,17H,6,9-12H2,2H3,(H,19,20)/t15-,17+/m1/s1. The van der Waals surface area contributed by atoms with Gasteiger partial charge in [-0.05, 0) is 24.6 Å². The van der Waals surface area contributed by atoms with Gasteiger partial charge in [0.15, 0.2) is 0 Å². The lowest BCUT2D eigenvalue weighted by Crippen LogP contribution is -2.33. The van der Waals surface area contributed by atoms with Crippen molar-refractivity contribution >= 4 is 5.97 Å². The minimum Gasteiger partial charge on any atom is -0.481 e. The van der Waals surface area contributed by atoms with Crippen molar-refractivity contribution in [2.24, 2.45) is 0 Å². The summed E-state index contributed by atoms with van der Waals surface area (Å²) < 4.78 is 5.94. The van der Waals surface area contributed by atoms with Crippen molar-refractivity contribution in [2.45, 2.75) is 31.4 Å². The van der Waals surface area contributed by atoms with Crippen LogP contribution < -0.4 is 0 Å².